The molecule has 68 valence electrons. The van der Waals surface area contributed by atoms with Crippen LogP contribution in [0, 0.1) is 0 Å². The molecule has 0 N–H and O–H groups in total. The minimum Gasteiger partial charge on any atom is -0.377 e. The van der Waals surface area contributed by atoms with Crippen molar-refractivity contribution in [3.63, 3.8) is 0 Å². The molecule has 0 aromatic carbocycles. The summed E-state index contributed by atoms with van der Waals surface area (Å²) in [5.41, 5.74) is 0.601. The standard InChI is InChI=1S/C9H15NO2/c1-7(2)9(11)10-4-5-12-6-8(10)3/h8H,1,4-6H2,2-3H3. The number of carbonyl (C=O) groups is 1. The van der Waals surface area contributed by atoms with E-state index in [1.807, 2.05) is 11.8 Å². The third kappa shape index (κ3) is 1.85. The summed E-state index contributed by atoms with van der Waals surface area (Å²) in [7, 11) is 0. The van der Waals surface area contributed by atoms with Gasteiger partial charge in [0.1, 0.15) is 0 Å². The second kappa shape index (κ2) is 3.72. The van der Waals surface area contributed by atoms with Crippen molar-refractivity contribution in [1.82, 2.24) is 4.90 Å². The Balaban J connectivity index is 2.59. The van der Waals surface area contributed by atoms with Crippen LogP contribution in [0.2, 0.25) is 0 Å². The van der Waals surface area contributed by atoms with E-state index in [1.54, 1.807) is 6.92 Å². The average molecular weight is 169 g/mol. The summed E-state index contributed by atoms with van der Waals surface area (Å²) in [6, 6.07) is 0.183. The Morgan fingerprint density at radius 3 is 2.83 bits per heavy atom. The van der Waals surface area contributed by atoms with E-state index in [9.17, 15) is 4.79 Å². The van der Waals surface area contributed by atoms with Crippen molar-refractivity contribution in [3.05, 3.63) is 12.2 Å². The van der Waals surface area contributed by atoms with E-state index in [2.05, 4.69) is 6.58 Å². The van der Waals surface area contributed by atoms with Gasteiger partial charge in [0.15, 0.2) is 0 Å². The first-order valence-corrected chi connectivity index (χ1v) is 4.17. The average Bonchev–Trinajstić information content (AvgIpc) is 2.04. The van der Waals surface area contributed by atoms with E-state index in [1.165, 1.54) is 0 Å². The normalized spacial score (nSPS) is 23.8. The number of nitrogens with zero attached hydrogens (tertiary/aromatic N) is 1. The molecule has 1 heterocycles. The highest BCUT2D eigenvalue weighted by atomic mass is 16.5. The number of hydrogen-bond donors (Lipinski definition) is 0. The Morgan fingerprint density at radius 1 is 1.67 bits per heavy atom. The summed E-state index contributed by atoms with van der Waals surface area (Å²) in [5, 5.41) is 0. The Labute approximate surface area is 73.0 Å². The van der Waals surface area contributed by atoms with E-state index >= 15 is 0 Å². The van der Waals surface area contributed by atoms with Crippen molar-refractivity contribution >= 4 is 5.91 Å². The van der Waals surface area contributed by atoms with Crippen LogP contribution in [0.15, 0.2) is 12.2 Å². The van der Waals surface area contributed by atoms with Crippen molar-refractivity contribution in [2.24, 2.45) is 0 Å². The van der Waals surface area contributed by atoms with E-state index < -0.39 is 0 Å². The lowest BCUT2D eigenvalue weighted by atomic mass is 10.2. The molecule has 1 amide bonds. The molecule has 3 heteroatoms. The zero-order valence-electron chi connectivity index (χ0n) is 7.67. The summed E-state index contributed by atoms with van der Waals surface area (Å²) >= 11 is 0. The summed E-state index contributed by atoms with van der Waals surface area (Å²) in [6.07, 6.45) is 0. The summed E-state index contributed by atoms with van der Waals surface area (Å²) < 4.78 is 5.22. The lowest BCUT2D eigenvalue weighted by Crippen LogP contribution is -2.47. The predicted molar refractivity (Wildman–Crippen MR) is 46.8 cm³/mol. The van der Waals surface area contributed by atoms with Gasteiger partial charge in [-0.2, -0.15) is 0 Å². The number of ether oxygens (including phenoxy) is 1. The molecule has 1 aliphatic rings. The number of amides is 1. The topological polar surface area (TPSA) is 29.5 Å². The number of rotatable bonds is 1. The molecule has 0 radical (unpaired) electrons. The van der Waals surface area contributed by atoms with Gasteiger partial charge in [-0.25, -0.2) is 0 Å². The number of carbonyl (C=O) groups excluding carboxylic acids is 1. The fraction of sp³-hybridized carbons (Fsp3) is 0.667. The van der Waals surface area contributed by atoms with Gasteiger partial charge in [-0.15, -0.1) is 0 Å². The Bertz CT molecular complexity index is 201. The van der Waals surface area contributed by atoms with Crippen molar-refractivity contribution in [2.45, 2.75) is 19.9 Å². The van der Waals surface area contributed by atoms with E-state index in [0.717, 1.165) is 0 Å². The lowest BCUT2D eigenvalue weighted by Gasteiger charge is -2.33. The molecule has 0 saturated carbocycles. The molecule has 3 nitrogen and oxygen atoms in total. The highest BCUT2D eigenvalue weighted by molar-refractivity contribution is 5.92. The zero-order valence-corrected chi connectivity index (χ0v) is 7.67. The molecule has 0 aliphatic carbocycles. The van der Waals surface area contributed by atoms with Crippen molar-refractivity contribution in [3.8, 4) is 0 Å². The van der Waals surface area contributed by atoms with Crippen LogP contribution in [0.5, 0.6) is 0 Å². The van der Waals surface area contributed by atoms with Crippen LogP contribution >= 0.6 is 0 Å². The van der Waals surface area contributed by atoms with Gasteiger partial charge in [-0.05, 0) is 13.8 Å². The van der Waals surface area contributed by atoms with Crippen LogP contribution in [0.1, 0.15) is 13.8 Å². The van der Waals surface area contributed by atoms with Gasteiger partial charge in [0, 0.05) is 12.1 Å². The van der Waals surface area contributed by atoms with Gasteiger partial charge in [-0.1, -0.05) is 6.58 Å². The van der Waals surface area contributed by atoms with Gasteiger partial charge in [-0.3, -0.25) is 4.79 Å². The third-order valence-corrected chi connectivity index (χ3v) is 1.99. The minimum absolute atomic E-state index is 0.0470. The van der Waals surface area contributed by atoms with Crippen LogP contribution in [0.25, 0.3) is 0 Å². The number of hydrogen-bond acceptors (Lipinski definition) is 2. The smallest absolute Gasteiger partial charge is 0.249 e. The lowest BCUT2D eigenvalue weighted by molar-refractivity contribution is -0.134. The largest absolute Gasteiger partial charge is 0.377 e. The molecule has 1 rings (SSSR count). The van der Waals surface area contributed by atoms with Crippen LogP contribution in [-0.4, -0.2) is 36.6 Å². The fourth-order valence-electron chi connectivity index (χ4n) is 1.27. The molecule has 1 fully saturated rings. The van der Waals surface area contributed by atoms with Crippen molar-refractivity contribution in [1.29, 1.82) is 0 Å². The minimum atomic E-state index is 0.0470. The monoisotopic (exact) mass is 169 g/mol. The van der Waals surface area contributed by atoms with Gasteiger partial charge < -0.3 is 9.64 Å². The van der Waals surface area contributed by atoms with Crippen LogP contribution in [0.4, 0.5) is 0 Å². The quantitative estimate of drug-likeness (QED) is 0.544. The van der Waals surface area contributed by atoms with Crippen molar-refractivity contribution in [2.75, 3.05) is 19.8 Å². The SMILES string of the molecule is C=C(C)C(=O)N1CCOCC1C. The second-order valence-corrected chi connectivity index (χ2v) is 3.20. The second-order valence-electron chi connectivity index (χ2n) is 3.20. The van der Waals surface area contributed by atoms with Gasteiger partial charge in [0.2, 0.25) is 5.91 Å². The molecule has 1 atom stereocenters. The molecule has 0 aromatic heterocycles. The van der Waals surface area contributed by atoms with Gasteiger partial charge in [0.05, 0.1) is 19.3 Å². The Hall–Kier alpha value is -0.830. The molecule has 12 heavy (non-hydrogen) atoms. The van der Waals surface area contributed by atoms with Crippen LogP contribution in [-0.2, 0) is 9.53 Å². The molecular formula is C9H15NO2. The van der Waals surface area contributed by atoms with Crippen LogP contribution < -0.4 is 0 Å². The van der Waals surface area contributed by atoms with Crippen molar-refractivity contribution < 1.29 is 9.53 Å². The molecule has 1 aliphatic heterocycles. The van der Waals surface area contributed by atoms with Crippen LogP contribution in [0.3, 0.4) is 0 Å². The van der Waals surface area contributed by atoms with Gasteiger partial charge >= 0.3 is 0 Å². The maximum atomic E-state index is 11.5. The molecule has 1 unspecified atom stereocenters. The van der Waals surface area contributed by atoms with E-state index in [-0.39, 0.29) is 11.9 Å². The first-order chi connectivity index (χ1) is 5.63. The molecular weight excluding hydrogens is 154 g/mol. The molecule has 0 spiro atoms. The fourth-order valence-corrected chi connectivity index (χ4v) is 1.27. The summed E-state index contributed by atoms with van der Waals surface area (Å²) in [4.78, 5) is 13.3. The van der Waals surface area contributed by atoms with E-state index in [4.69, 9.17) is 4.74 Å². The summed E-state index contributed by atoms with van der Waals surface area (Å²) in [6.45, 7) is 9.33. The van der Waals surface area contributed by atoms with Gasteiger partial charge in [0.25, 0.3) is 0 Å². The first kappa shape index (κ1) is 9.26. The molecule has 1 saturated heterocycles. The highest BCUT2D eigenvalue weighted by Crippen LogP contribution is 2.09. The number of morpholine rings is 1. The maximum Gasteiger partial charge on any atom is 0.249 e. The maximum absolute atomic E-state index is 11.5. The summed E-state index contributed by atoms with van der Waals surface area (Å²) in [5.74, 6) is 0.0470. The Morgan fingerprint density at radius 2 is 2.33 bits per heavy atom. The third-order valence-electron chi connectivity index (χ3n) is 1.99. The predicted octanol–water partition coefficient (Wildman–Crippen LogP) is 0.810. The van der Waals surface area contributed by atoms with E-state index in [0.29, 0.717) is 25.3 Å². The first-order valence-electron chi connectivity index (χ1n) is 4.17. The molecule has 0 bridgehead atoms. The Kier molecular flexibility index (Phi) is 2.87. The highest BCUT2D eigenvalue weighted by Gasteiger charge is 2.23. The molecule has 0 aromatic rings. The zero-order chi connectivity index (χ0) is 9.14.